The number of nitrogens with zero attached hydrogens (tertiary/aromatic N) is 8. The number of pyridine rings is 1. The molecule has 17 heteroatoms. The molecule has 2 aromatic carbocycles. The van der Waals surface area contributed by atoms with Crippen molar-refractivity contribution in [1.29, 1.82) is 0 Å². The summed E-state index contributed by atoms with van der Waals surface area (Å²) in [7, 11) is -1.61. The van der Waals surface area contributed by atoms with Crippen LogP contribution < -0.4 is 30.9 Å². The first-order chi connectivity index (χ1) is 31.5. The minimum atomic E-state index is -3.25. The van der Waals surface area contributed by atoms with Gasteiger partial charge in [-0.3, -0.25) is 24.2 Å². The minimum Gasteiger partial charge on any atom is -0.392 e. The van der Waals surface area contributed by atoms with Gasteiger partial charge in [-0.2, -0.15) is 0 Å². The average molecular weight is 915 g/mol. The number of rotatable bonds is 11. The van der Waals surface area contributed by atoms with E-state index in [4.69, 9.17) is 4.98 Å². The van der Waals surface area contributed by atoms with Crippen molar-refractivity contribution in [2.75, 3.05) is 70.9 Å². The Morgan fingerprint density at radius 3 is 2.44 bits per heavy atom. The molecule has 2 amide bonds. The van der Waals surface area contributed by atoms with Gasteiger partial charge in [0.05, 0.1) is 28.6 Å². The van der Waals surface area contributed by atoms with E-state index in [9.17, 15) is 27.9 Å². The lowest BCUT2D eigenvalue weighted by Crippen LogP contribution is -2.57. The molecule has 2 saturated heterocycles. The third-order valence-electron chi connectivity index (χ3n) is 13.7. The van der Waals surface area contributed by atoms with E-state index in [1.807, 2.05) is 30.3 Å². The van der Waals surface area contributed by atoms with E-state index in [0.29, 0.717) is 63.7 Å². The number of amides is 2. The second-order valence-corrected chi connectivity index (χ2v) is 20.9. The number of aliphatic hydroxyl groups excluding tert-OH is 1. The molecular formula is C49H58N10O6S. The molecule has 5 aromatic rings. The number of nitrogens with one attached hydrogen (secondary N) is 2. The molecule has 16 nitrogen and oxygen atoms in total. The van der Waals surface area contributed by atoms with Gasteiger partial charge in [0.25, 0.3) is 11.5 Å². The maximum Gasteiger partial charge on any atom is 0.293 e. The van der Waals surface area contributed by atoms with E-state index >= 15 is 0 Å². The van der Waals surface area contributed by atoms with Crippen LogP contribution in [0.3, 0.4) is 0 Å². The third-order valence-corrected chi connectivity index (χ3v) is 14.8. The van der Waals surface area contributed by atoms with E-state index in [2.05, 4.69) is 62.2 Å². The zero-order valence-corrected chi connectivity index (χ0v) is 39.1. The van der Waals surface area contributed by atoms with Crippen LogP contribution in [0.1, 0.15) is 60.9 Å². The number of aliphatic hydroxyl groups is 1. The summed E-state index contributed by atoms with van der Waals surface area (Å²) >= 11 is 0. The monoisotopic (exact) mass is 914 g/mol. The number of sulfone groups is 1. The molecule has 1 aliphatic carbocycles. The molecule has 2 fully saturated rings. The molecule has 3 N–H and O–H groups in total. The van der Waals surface area contributed by atoms with Crippen LogP contribution in [-0.4, -0.2) is 107 Å². The van der Waals surface area contributed by atoms with Crippen LogP contribution in [0.4, 0.5) is 34.4 Å². The summed E-state index contributed by atoms with van der Waals surface area (Å²) in [6.07, 6.45) is 9.47. The molecule has 1 unspecified atom stereocenters. The van der Waals surface area contributed by atoms with Crippen molar-refractivity contribution in [3.63, 3.8) is 0 Å². The molecule has 4 aliphatic rings. The average Bonchev–Trinajstić information content (AvgIpc) is 3.79. The molecule has 3 aliphatic heterocycles. The summed E-state index contributed by atoms with van der Waals surface area (Å²) in [4.78, 5) is 59.0. The third kappa shape index (κ3) is 8.62. The van der Waals surface area contributed by atoms with Gasteiger partial charge >= 0.3 is 0 Å². The van der Waals surface area contributed by atoms with Crippen LogP contribution in [0.2, 0.25) is 0 Å². The van der Waals surface area contributed by atoms with Gasteiger partial charge in [0.1, 0.15) is 11.5 Å². The Morgan fingerprint density at radius 2 is 1.74 bits per heavy atom. The fourth-order valence-electron chi connectivity index (χ4n) is 10.4. The van der Waals surface area contributed by atoms with Crippen molar-refractivity contribution >= 4 is 56.0 Å². The molecule has 6 heterocycles. The second kappa shape index (κ2) is 17.5. The Morgan fingerprint density at radius 1 is 0.985 bits per heavy atom. The van der Waals surface area contributed by atoms with Crippen molar-refractivity contribution in [3.05, 3.63) is 113 Å². The number of carbonyl (C=O) groups is 2. The molecule has 346 valence electrons. The van der Waals surface area contributed by atoms with Gasteiger partial charge in [0.2, 0.25) is 5.91 Å². The zero-order chi connectivity index (χ0) is 46.7. The molecule has 0 spiro atoms. The summed E-state index contributed by atoms with van der Waals surface area (Å²) in [5.41, 5.74) is 7.16. The highest BCUT2D eigenvalue weighted by atomic mass is 32.2. The van der Waals surface area contributed by atoms with Gasteiger partial charge in [0.15, 0.2) is 15.7 Å². The maximum atomic E-state index is 14.0. The first kappa shape index (κ1) is 44.9. The quantitative estimate of drug-likeness (QED) is 0.145. The van der Waals surface area contributed by atoms with E-state index in [0.717, 1.165) is 69.8 Å². The molecule has 0 radical (unpaired) electrons. The number of fused-ring (bicyclic) bond motifs is 3. The highest BCUT2D eigenvalue weighted by Crippen LogP contribution is 2.40. The summed E-state index contributed by atoms with van der Waals surface area (Å²) in [6.45, 7) is 15.1. The van der Waals surface area contributed by atoms with Crippen LogP contribution in [0.5, 0.6) is 0 Å². The van der Waals surface area contributed by atoms with Gasteiger partial charge in [-0.15, -0.1) is 0 Å². The summed E-state index contributed by atoms with van der Waals surface area (Å²) in [5, 5.41) is 17.0. The van der Waals surface area contributed by atoms with Crippen LogP contribution in [-0.2, 0) is 47.7 Å². The van der Waals surface area contributed by atoms with E-state index in [-0.39, 0.29) is 34.6 Å². The SMILES string of the molecule is C=CC(=O)Nc1cc(Nc2nc(-c3ccnc(N4CCn5c(cc6c5CC(C)(C)C6)C4=O)c3CO)cn(C)c2=O)ccc1N1CCN(C2CCN(c3ccc(S(C)(=O)=O)cc3)CC2)CC1C. The number of aromatic nitrogens is 4. The standard InChI is InChI=1S/C49H58N10O6S/c1-7-44(61)52-39-25-33(8-13-41(39)57-21-20-56(28-31(57)2)35-15-18-55(19-16-35)34-9-11-36(12-10-34)66(6,64)65)51-45-48(63)54(5)29-40(53-45)37-14-17-50-46(38(37)30-60)59-23-22-58-42(47(59)62)24-32-26-49(3,4)27-43(32)58/h7-14,17,24-25,29,31,35,60H,1,15-16,18-23,26-28,30H2,2-6H3,(H,51,53)(H,52,61). The fraction of sp³-hybridized carbons (Fsp3) is 0.408. The molecule has 66 heavy (non-hydrogen) atoms. The number of piperidine rings is 1. The second-order valence-electron chi connectivity index (χ2n) is 18.9. The van der Waals surface area contributed by atoms with Gasteiger partial charge in [-0.1, -0.05) is 20.4 Å². The molecular weight excluding hydrogens is 857 g/mol. The largest absolute Gasteiger partial charge is 0.392 e. The normalized spacial score (nSPS) is 18.8. The molecule has 1 atom stereocenters. The lowest BCUT2D eigenvalue weighted by atomic mass is 9.90. The summed E-state index contributed by atoms with van der Waals surface area (Å²) < 4.78 is 27.5. The van der Waals surface area contributed by atoms with Crippen LogP contribution in [0, 0.1) is 5.41 Å². The Hall–Kier alpha value is -6.30. The molecule has 3 aromatic heterocycles. The summed E-state index contributed by atoms with van der Waals surface area (Å²) in [5.74, 6) is -0.146. The minimum absolute atomic E-state index is 0.0364. The van der Waals surface area contributed by atoms with Gasteiger partial charge < -0.3 is 34.7 Å². The smallest absolute Gasteiger partial charge is 0.293 e. The van der Waals surface area contributed by atoms with E-state index in [1.54, 1.807) is 48.6 Å². The van der Waals surface area contributed by atoms with Gasteiger partial charge in [0, 0.05) is 112 Å². The van der Waals surface area contributed by atoms with E-state index in [1.165, 1.54) is 28.2 Å². The highest BCUT2D eigenvalue weighted by Gasteiger charge is 2.38. The Kier molecular flexibility index (Phi) is 11.9. The van der Waals surface area contributed by atoms with Crippen LogP contribution in [0.15, 0.2) is 89.3 Å². The van der Waals surface area contributed by atoms with Crippen LogP contribution in [0.25, 0.3) is 11.3 Å². The van der Waals surface area contributed by atoms with Crippen molar-refractivity contribution in [2.45, 2.75) is 76.6 Å². The Bertz CT molecular complexity index is 2900. The van der Waals surface area contributed by atoms with Crippen molar-refractivity contribution in [3.8, 4) is 11.3 Å². The van der Waals surface area contributed by atoms with Crippen molar-refractivity contribution < 1.29 is 23.1 Å². The fourth-order valence-corrected chi connectivity index (χ4v) is 11.0. The Labute approximate surface area is 385 Å². The Balaban J connectivity index is 0.916. The summed E-state index contributed by atoms with van der Waals surface area (Å²) in [6, 6.07) is 17.0. The topological polar surface area (TPSA) is 178 Å². The number of aryl methyl sites for hydroxylation is 1. The van der Waals surface area contributed by atoms with Crippen molar-refractivity contribution in [1.82, 2.24) is 24.0 Å². The molecule has 9 rings (SSSR count). The number of hydrogen-bond donors (Lipinski definition) is 3. The molecule has 0 saturated carbocycles. The maximum absolute atomic E-state index is 14.0. The van der Waals surface area contributed by atoms with Crippen LogP contribution >= 0.6 is 0 Å². The first-order valence-electron chi connectivity index (χ1n) is 22.6. The molecule has 0 bridgehead atoms. The number of hydrogen-bond acceptors (Lipinski definition) is 12. The number of piperazine rings is 1. The number of anilines is 6. The first-order valence-corrected chi connectivity index (χ1v) is 24.5. The lowest BCUT2D eigenvalue weighted by Gasteiger charge is -2.47. The van der Waals surface area contributed by atoms with Crippen molar-refractivity contribution in [2.24, 2.45) is 12.5 Å². The van der Waals surface area contributed by atoms with E-state index < -0.39 is 16.4 Å². The predicted molar refractivity (Wildman–Crippen MR) is 258 cm³/mol. The highest BCUT2D eigenvalue weighted by molar-refractivity contribution is 7.90. The van der Waals surface area contributed by atoms with Gasteiger partial charge in [-0.25, -0.2) is 18.4 Å². The number of benzene rings is 2. The number of carbonyl (C=O) groups excluding carboxylic acids is 2. The predicted octanol–water partition coefficient (Wildman–Crippen LogP) is 5.37. The van der Waals surface area contributed by atoms with Gasteiger partial charge in [-0.05, 0) is 104 Å². The lowest BCUT2D eigenvalue weighted by molar-refractivity contribution is -0.111. The zero-order valence-electron chi connectivity index (χ0n) is 38.2.